The Labute approximate surface area is 140 Å². The van der Waals surface area contributed by atoms with Crippen LogP contribution >= 0.6 is 0 Å². The molecule has 1 unspecified atom stereocenters. The number of hydrogen-bond donors (Lipinski definition) is 0. The molecule has 24 heavy (non-hydrogen) atoms. The highest BCUT2D eigenvalue weighted by atomic mass is 32.2. The van der Waals surface area contributed by atoms with Crippen LogP contribution in [0, 0.1) is 11.3 Å². The number of carbonyl (C=O) groups is 1. The maximum absolute atomic E-state index is 12.4. The van der Waals surface area contributed by atoms with Gasteiger partial charge in [0.15, 0.2) is 11.7 Å². The van der Waals surface area contributed by atoms with Crippen molar-refractivity contribution in [2.45, 2.75) is 24.7 Å². The molecule has 0 saturated carbocycles. The van der Waals surface area contributed by atoms with Gasteiger partial charge >= 0.3 is 0 Å². The molecule has 0 aliphatic heterocycles. The highest BCUT2D eigenvalue weighted by Crippen LogP contribution is 2.21. The van der Waals surface area contributed by atoms with Gasteiger partial charge in [-0.05, 0) is 18.2 Å². The van der Waals surface area contributed by atoms with E-state index in [1.807, 2.05) is 6.07 Å². The van der Waals surface area contributed by atoms with Gasteiger partial charge in [-0.25, -0.2) is 8.42 Å². The highest BCUT2D eigenvalue weighted by Gasteiger charge is 2.26. The van der Waals surface area contributed by atoms with Crippen LogP contribution in [0.4, 0.5) is 0 Å². The minimum absolute atomic E-state index is 0.0300. The fourth-order valence-electron chi connectivity index (χ4n) is 2.26. The van der Waals surface area contributed by atoms with E-state index in [9.17, 15) is 18.5 Å². The van der Waals surface area contributed by atoms with Gasteiger partial charge in [-0.3, -0.25) is 9.78 Å². The normalized spacial score (nSPS) is 12.8. The molecule has 0 aliphatic rings. The van der Waals surface area contributed by atoms with Crippen LogP contribution < -0.4 is 0 Å². The molecule has 2 aromatic heterocycles. The molecule has 0 saturated heterocycles. The Kier molecular flexibility index (Phi) is 5.49. The fraction of sp³-hybridized carbons (Fsp3) is 0.312. The van der Waals surface area contributed by atoms with Gasteiger partial charge in [-0.1, -0.05) is 13.8 Å². The Morgan fingerprint density at radius 1 is 1.33 bits per heavy atom. The number of hydrogen-bond acceptors (Lipinski definition) is 6. The standard InChI is InChI=1S/C16H17N3O4S/c1-3-19(4-2)24(21,22)13-5-6-15(18-10-13)14(9-17)16(20)12-7-8-23-11-12/h5-8,10-11,14H,3-4H2,1-2H3. The van der Waals surface area contributed by atoms with E-state index in [1.54, 1.807) is 13.8 Å². The topological polar surface area (TPSA) is 104 Å². The first-order chi connectivity index (χ1) is 11.5. The van der Waals surface area contributed by atoms with Crippen molar-refractivity contribution in [1.82, 2.24) is 9.29 Å². The SMILES string of the molecule is CCN(CC)S(=O)(=O)c1ccc(C(C#N)C(=O)c2ccoc2)nc1. The summed E-state index contributed by atoms with van der Waals surface area (Å²) in [6, 6.07) is 6.12. The van der Waals surface area contributed by atoms with Crippen molar-refractivity contribution in [2.24, 2.45) is 0 Å². The van der Waals surface area contributed by atoms with Crippen molar-refractivity contribution in [1.29, 1.82) is 5.26 Å². The third-order valence-corrected chi connectivity index (χ3v) is 5.63. The summed E-state index contributed by atoms with van der Waals surface area (Å²) < 4.78 is 31.0. The molecule has 0 bridgehead atoms. The van der Waals surface area contributed by atoms with Crippen molar-refractivity contribution < 1.29 is 17.6 Å². The average Bonchev–Trinajstić information content (AvgIpc) is 3.11. The van der Waals surface area contributed by atoms with Crippen LogP contribution in [0.1, 0.15) is 35.8 Å². The van der Waals surface area contributed by atoms with E-state index in [-0.39, 0.29) is 16.2 Å². The molecule has 1 atom stereocenters. The minimum Gasteiger partial charge on any atom is -0.472 e. The number of Topliss-reactive ketones (excluding diaryl/α,β-unsaturated/α-hetero) is 1. The summed E-state index contributed by atoms with van der Waals surface area (Å²) in [6.45, 7) is 4.19. The van der Waals surface area contributed by atoms with Gasteiger partial charge < -0.3 is 4.42 Å². The number of carbonyl (C=O) groups excluding carboxylic acids is 1. The predicted octanol–water partition coefficient (Wildman–Crippen LogP) is 2.20. The number of ketones is 1. The maximum atomic E-state index is 12.4. The Hall–Kier alpha value is -2.50. The van der Waals surface area contributed by atoms with Crippen LogP contribution in [0.5, 0.6) is 0 Å². The molecule has 2 heterocycles. The fourth-order valence-corrected chi connectivity index (χ4v) is 3.66. The van der Waals surface area contributed by atoms with Crippen LogP contribution in [0.2, 0.25) is 0 Å². The number of nitrogens with zero attached hydrogens (tertiary/aromatic N) is 3. The Bertz CT molecular complexity index is 832. The van der Waals surface area contributed by atoms with E-state index >= 15 is 0 Å². The molecule has 8 heteroatoms. The second-order valence-electron chi connectivity index (χ2n) is 4.95. The van der Waals surface area contributed by atoms with Crippen molar-refractivity contribution >= 4 is 15.8 Å². The van der Waals surface area contributed by atoms with Gasteiger partial charge in [0, 0.05) is 19.3 Å². The Morgan fingerprint density at radius 3 is 2.50 bits per heavy atom. The number of pyridine rings is 1. The van der Waals surface area contributed by atoms with Gasteiger partial charge in [-0.15, -0.1) is 0 Å². The number of furan rings is 1. The summed E-state index contributed by atoms with van der Waals surface area (Å²) in [5.41, 5.74) is 0.463. The number of nitriles is 1. The lowest BCUT2D eigenvalue weighted by Gasteiger charge is -2.18. The second kappa shape index (κ2) is 7.38. The van der Waals surface area contributed by atoms with Crippen molar-refractivity contribution in [3.05, 3.63) is 48.2 Å². The zero-order valence-corrected chi connectivity index (χ0v) is 14.2. The lowest BCUT2D eigenvalue weighted by Crippen LogP contribution is -2.30. The number of aromatic nitrogens is 1. The molecule has 2 rings (SSSR count). The lowest BCUT2D eigenvalue weighted by atomic mass is 9.97. The van der Waals surface area contributed by atoms with Gasteiger partial charge in [0.2, 0.25) is 10.0 Å². The maximum Gasteiger partial charge on any atom is 0.244 e. The van der Waals surface area contributed by atoms with Crippen LogP contribution in [-0.4, -0.2) is 36.6 Å². The zero-order chi connectivity index (χ0) is 17.7. The van der Waals surface area contributed by atoms with Crippen molar-refractivity contribution in [3.8, 4) is 6.07 Å². The molecular formula is C16H17N3O4S. The zero-order valence-electron chi connectivity index (χ0n) is 13.3. The van der Waals surface area contributed by atoms with Crippen molar-refractivity contribution in [2.75, 3.05) is 13.1 Å². The lowest BCUT2D eigenvalue weighted by molar-refractivity contribution is 0.0977. The average molecular weight is 347 g/mol. The van der Waals surface area contributed by atoms with E-state index in [2.05, 4.69) is 4.98 Å². The summed E-state index contributed by atoms with van der Waals surface area (Å²) in [6.07, 6.45) is 3.77. The summed E-state index contributed by atoms with van der Waals surface area (Å²) in [7, 11) is -3.63. The summed E-state index contributed by atoms with van der Waals surface area (Å²) in [4.78, 5) is 16.3. The molecular weight excluding hydrogens is 330 g/mol. The third-order valence-electron chi connectivity index (χ3n) is 3.60. The van der Waals surface area contributed by atoms with E-state index in [0.717, 1.165) is 0 Å². The first-order valence-corrected chi connectivity index (χ1v) is 8.81. The molecule has 0 amide bonds. The second-order valence-corrected chi connectivity index (χ2v) is 6.88. The van der Waals surface area contributed by atoms with E-state index in [0.29, 0.717) is 13.1 Å². The molecule has 126 valence electrons. The van der Waals surface area contributed by atoms with Gasteiger partial charge in [-0.2, -0.15) is 9.57 Å². The van der Waals surface area contributed by atoms with Gasteiger partial charge in [0.05, 0.1) is 23.6 Å². The first-order valence-electron chi connectivity index (χ1n) is 7.37. The van der Waals surface area contributed by atoms with Crippen LogP contribution in [0.25, 0.3) is 0 Å². The molecule has 0 aromatic carbocycles. The van der Waals surface area contributed by atoms with E-state index in [4.69, 9.17) is 4.42 Å². The summed E-state index contributed by atoms with van der Waals surface area (Å²) >= 11 is 0. The molecule has 0 aliphatic carbocycles. The van der Waals surface area contributed by atoms with Gasteiger partial charge in [0.1, 0.15) is 11.2 Å². The smallest absolute Gasteiger partial charge is 0.244 e. The molecule has 0 N–H and O–H groups in total. The van der Waals surface area contributed by atoms with Crippen LogP contribution in [0.15, 0.2) is 46.2 Å². The van der Waals surface area contributed by atoms with E-state index in [1.165, 1.54) is 41.2 Å². The summed E-state index contributed by atoms with van der Waals surface area (Å²) in [5, 5.41) is 9.27. The van der Waals surface area contributed by atoms with Gasteiger partial charge in [0.25, 0.3) is 0 Å². The van der Waals surface area contributed by atoms with Crippen LogP contribution in [-0.2, 0) is 10.0 Å². The predicted molar refractivity (Wildman–Crippen MR) is 85.7 cm³/mol. The number of rotatable bonds is 7. The highest BCUT2D eigenvalue weighted by molar-refractivity contribution is 7.89. The third kappa shape index (κ3) is 3.37. The first kappa shape index (κ1) is 17.8. The van der Waals surface area contributed by atoms with Crippen molar-refractivity contribution in [3.63, 3.8) is 0 Å². The van der Waals surface area contributed by atoms with Crippen LogP contribution in [0.3, 0.4) is 0 Å². The molecule has 0 spiro atoms. The molecule has 2 aromatic rings. The Morgan fingerprint density at radius 2 is 2.04 bits per heavy atom. The monoisotopic (exact) mass is 347 g/mol. The minimum atomic E-state index is -3.63. The Balaban J connectivity index is 2.32. The summed E-state index contributed by atoms with van der Waals surface area (Å²) in [5.74, 6) is -1.56. The number of sulfonamides is 1. The quantitative estimate of drug-likeness (QED) is 0.711. The largest absolute Gasteiger partial charge is 0.472 e. The molecule has 7 nitrogen and oxygen atoms in total. The van der Waals surface area contributed by atoms with E-state index < -0.39 is 21.7 Å². The molecule has 0 radical (unpaired) electrons. The molecule has 0 fully saturated rings.